The SMILES string of the molecule is OCCCNc1nc(N2CCN(Cc3ccc(Cl)cc3)CC2)nc2ccccc12. The number of rotatable bonds is 7. The molecule has 152 valence electrons. The highest BCUT2D eigenvalue weighted by Crippen LogP contribution is 2.24. The van der Waals surface area contributed by atoms with Crippen LogP contribution in [0.3, 0.4) is 0 Å². The Kier molecular flexibility index (Phi) is 6.44. The number of hydrogen-bond acceptors (Lipinski definition) is 6. The second-order valence-electron chi connectivity index (χ2n) is 7.28. The van der Waals surface area contributed by atoms with Crippen LogP contribution in [0.4, 0.5) is 11.8 Å². The summed E-state index contributed by atoms with van der Waals surface area (Å²) in [5, 5.41) is 14.2. The first-order valence-electron chi connectivity index (χ1n) is 10.1. The Hall–Kier alpha value is -2.41. The van der Waals surface area contributed by atoms with Crippen molar-refractivity contribution in [3.05, 3.63) is 59.1 Å². The number of aliphatic hydroxyl groups is 1. The molecule has 0 bridgehead atoms. The van der Waals surface area contributed by atoms with Crippen molar-refractivity contribution >= 4 is 34.3 Å². The molecule has 29 heavy (non-hydrogen) atoms. The van der Waals surface area contributed by atoms with Gasteiger partial charge in [0.2, 0.25) is 5.95 Å². The Morgan fingerprint density at radius 1 is 0.966 bits per heavy atom. The molecule has 0 aliphatic carbocycles. The van der Waals surface area contributed by atoms with Gasteiger partial charge < -0.3 is 15.3 Å². The molecular weight excluding hydrogens is 386 g/mol. The van der Waals surface area contributed by atoms with Gasteiger partial charge in [-0.3, -0.25) is 4.90 Å². The summed E-state index contributed by atoms with van der Waals surface area (Å²) in [4.78, 5) is 14.3. The maximum absolute atomic E-state index is 9.07. The number of nitrogens with zero attached hydrogens (tertiary/aromatic N) is 4. The Morgan fingerprint density at radius 2 is 1.72 bits per heavy atom. The van der Waals surface area contributed by atoms with E-state index in [0.717, 1.165) is 60.4 Å². The number of aromatic nitrogens is 2. The number of aliphatic hydroxyl groups excluding tert-OH is 1. The highest BCUT2D eigenvalue weighted by atomic mass is 35.5. The molecule has 1 saturated heterocycles. The molecule has 2 N–H and O–H groups in total. The van der Waals surface area contributed by atoms with E-state index in [1.807, 2.05) is 36.4 Å². The van der Waals surface area contributed by atoms with Crippen molar-refractivity contribution in [2.75, 3.05) is 49.5 Å². The Morgan fingerprint density at radius 3 is 2.48 bits per heavy atom. The van der Waals surface area contributed by atoms with E-state index in [0.29, 0.717) is 13.0 Å². The zero-order valence-electron chi connectivity index (χ0n) is 16.4. The molecule has 1 aliphatic rings. The van der Waals surface area contributed by atoms with Gasteiger partial charge >= 0.3 is 0 Å². The second kappa shape index (κ2) is 9.39. The van der Waals surface area contributed by atoms with E-state index in [1.54, 1.807) is 0 Å². The molecular formula is C22H26ClN5O. The fourth-order valence-electron chi connectivity index (χ4n) is 3.58. The molecule has 7 heteroatoms. The summed E-state index contributed by atoms with van der Waals surface area (Å²) < 4.78 is 0. The van der Waals surface area contributed by atoms with Gasteiger partial charge in [-0.05, 0) is 36.2 Å². The molecule has 0 saturated carbocycles. The number of anilines is 2. The standard InChI is InChI=1S/C22H26ClN5O/c23-18-8-6-17(7-9-18)16-27-11-13-28(14-12-27)22-25-20-5-2-1-4-19(20)21(26-22)24-10-3-15-29/h1-2,4-9,29H,3,10-16H2,(H,24,25,26). The molecule has 2 aromatic carbocycles. The van der Waals surface area contributed by atoms with Crippen LogP contribution < -0.4 is 10.2 Å². The third-order valence-electron chi connectivity index (χ3n) is 5.19. The highest BCUT2D eigenvalue weighted by Gasteiger charge is 2.20. The minimum Gasteiger partial charge on any atom is -0.396 e. The van der Waals surface area contributed by atoms with Gasteiger partial charge in [-0.15, -0.1) is 0 Å². The molecule has 1 aromatic heterocycles. The molecule has 0 atom stereocenters. The van der Waals surface area contributed by atoms with Gasteiger partial charge in [-0.25, -0.2) is 4.98 Å². The van der Waals surface area contributed by atoms with E-state index < -0.39 is 0 Å². The minimum absolute atomic E-state index is 0.165. The van der Waals surface area contributed by atoms with E-state index in [-0.39, 0.29) is 6.61 Å². The van der Waals surface area contributed by atoms with E-state index >= 15 is 0 Å². The molecule has 0 radical (unpaired) electrons. The van der Waals surface area contributed by atoms with Crippen LogP contribution in [-0.2, 0) is 6.54 Å². The Balaban J connectivity index is 1.45. The van der Waals surface area contributed by atoms with Crippen LogP contribution in [0, 0.1) is 0 Å². The average molecular weight is 412 g/mol. The van der Waals surface area contributed by atoms with Crippen molar-refractivity contribution in [2.24, 2.45) is 0 Å². The fraction of sp³-hybridized carbons (Fsp3) is 0.364. The van der Waals surface area contributed by atoms with E-state index in [9.17, 15) is 0 Å². The summed E-state index contributed by atoms with van der Waals surface area (Å²) >= 11 is 5.98. The molecule has 1 aliphatic heterocycles. The molecule has 4 rings (SSSR count). The van der Waals surface area contributed by atoms with Crippen LogP contribution in [-0.4, -0.2) is 59.3 Å². The number of piperazine rings is 1. The van der Waals surface area contributed by atoms with E-state index in [4.69, 9.17) is 26.7 Å². The molecule has 0 spiro atoms. The number of halogens is 1. The molecule has 0 amide bonds. The third kappa shape index (κ3) is 4.96. The van der Waals surface area contributed by atoms with Crippen molar-refractivity contribution in [2.45, 2.75) is 13.0 Å². The monoisotopic (exact) mass is 411 g/mol. The molecule has 0 unspecified atom stereocenters. The van der Waals surface area contributed by atoms with Crippen LogP contribution in [0.5, 0.6) is 0 Å². The van der Waals surface area contributed by atoms with Crippen molar-refractivity contribution in [1.29, 1.82) is 0 Å². The van der Waals surface area contributed by atoms with Crippen LogP contribution >= 0.6 is 11.6 Å². The molecule has 3 aromatic rings. The minimum atomic E-state index is 0.165. The van der Waals surface area contributed by atoms with Gasteiger partial charge in [0.25, 0.3) is 0 Å². The lowest BCUT2D eigenvalue weighted by Gasteiger charge is -2.35. The Bertz CT molecular complexity index is 942. The number of para-hydroxylation sites is 1. The van der Waals surface area contributed by atoms with Crippen LogP contribution in [0.15, 0.2) is 48.5 Å². The molecule has 1 fully saturated rings. The van der Waals surface area contributed by atoms with Crippen molar-refractivity contribution in [1.82, 2.24) is 14.9 Å². The summed E-state index contributed by atoms with van der Waals surface area (Å²) in [5.74, 6) is 1.60. The smallest absolute Gasteiger partial charge is 0.227 e. The topological polar surface area (TPSA) is 64.5 Å². The highest BCUT2D eigenvalue weighted by molar-refractivity contribution is 6.30. The second-order valence-corrected chi connectivity index (χ2v) is 7.72. The maximum atomic E-state index is 9.07. The quantitative estimate of drug-likeness (QED) is 0.581. The summed E-state index contributed by atoms with van der Waals surface area (Å²) in [7, 11) is 0. The van der Waals surface area contributed by atoms with E-state index in [1.165, 1.54) is 5.56 Å². The lowest BCUT2D eigenvalue weighted by atomic mass is 10.2. The van der Waals surface area contributed by atoms with Gasteiger partial charge in [-0.1, -0.05) is 35.9 Å². The van der Waals surface area contributed by atoms with E-state index in [2.05, 4.69) is 27.2 Å². The van der Waals surface area contributed by atoms with Gasteiger partial charge in [0.15, 0.2) is 0 Å². The van der Waals surface area contributed by atoms with Gasteiger partial charge in [0.1, 0.15) is 5.82 Å². The Labute approximate surface area is 176 Å². The number of nitrogens with one attached hydrogen (secondary N) is 1. The first-order valence-corrected chi connectivity index (χ1v) is 10.4. The lowest BCUT2D eigenvalue weighted by Crippen LogP contribution is -2.46. The van der Waals surface area contributed by atoms with Crippen LogP contribution in [0.25, 0.3) is 10.9 Å². The van der Waals surface area contributed by atoms with Gasteiger partial charge in [-0.2, -0.15) is 4.98 Å². The number of hydrogen-bond donors (Lipinski definition) is 2. The summed E-state index contributed by atoms with van der Waals surface area (Å²) in [6, 6.07) is 16.1. The van der Waals surface area contributed by atoms with Crippen LogP contribution in [0.2, 0.25) is 5.02 Å². The van der Waals surface area contributed by atoms with Crippen molar-refractivity contribution in [3.8, 4) is 0 Å². The van der Waals surface area contributed by atoms with Crippen molar-refractivity contribution in [3.63, 3.8) is 0 Å². The largest absolute Gasteiger partial charge is 0.396 e. The zero-order chi connectivity index (χ0) is 20.1. The normalized spacial score (nSPS) is 15.0. The average Bonchev–Trinajstić information content (AvgIpc) is 2.76. The first kappa shape index (κ1) is 19.9. The number of benzene rings is 2. The third-order valence-corrected chi connectivity index (χ3v) is 5.45. The zero-order valence-corrected chi connectivity index (χ0v) is 17.1. The summed E-state index contributed by atoms with van der Waals surface area (Å²) in [6.07, 6.45) is 0.692. The summed E-state index contributed by atoms with van der Waals surface area (Å²) in [5.41, 5.74) is 2.22. The summed E-state index contributed by atoms with van der Waals surface area (Å²) in [6.45, 7) is 5.49. The fourth-order valence-corrected chi connectivity index (χ4v) is 3.71. The predicted molar refractivity (Wildman–Crippen MR) is 119 cm³/mol. The lowest BCUT2D eigenvalue weighted by molar-refractivity contribution is 0.249. The molecule has 6 nitrogen and oxygen atoms in total. The van der Waals surface area contributed by atoms with Gasteiger partial charge in [0, 0.05) is 56.3 Å². The first-order chi connectivity index (χ1) is 14.2. The predicted octanol–water partition coefficient (Wildman–Crippen LogP) is 3.40. The van der Waals surface area contributed by atoms with Crippen molar-refractivity contribution < 1.29 is 5.11 Å². The van der Waals surface area contributed by atoms with Gasteiger partial charge in [0.05, 0.1) is 5.52 Å². The van der Waals surface area contributed by atoms with Crippen LogP contribution in [0.1, 0.15) is 12.0 Å². The maximum Gasteiger partial charge on any atom is 0.227 e. The molecule has 2 heterocycles. The number of fused-ring (bicyclic) bond motifs is 1.